The van der Waals surface area contributed by atoms with Crippen LogP contribution in [0.3, 0.4) is 0 Å². The number of aliphatic hydroxyl groups is 1. The zero-order valence-electron chi connectivity index (χ0n) is 18.5. The van der Waals surface area contributed by atoms with Gasteiger partial charge in [0.25, 0.3) is 5.56 Å². The van der Waals surface area contributed by atoms with E-state index in [1.54, 1.807) is 31.2 Å². The van der Waals surface area contributed by atoms with Gasteiger partial charge < -0.3 is 19.1 Å². The van der Waals surface area contributed by atoms with Crippen LogP contribution >= 0.6 is 0 Å². The van der Waals surface area contributed by atoms with Gasteiger partial charge in [-0.05, 0) is 43.2 Å². The van der Waals surface area contributed by atoms with Crippen molar-refractivity contribution in [3.8, 4) is 17.1 Å². The van der Waals surface area contributed by atoms with Crippen LogP contribution in [-0.4, -0.2) is 32.2 Å². The molecule has 2 aliphatic heterocycles. The molecule has 10 heteroatoms. The number of benzene rings is 1. The van der Waals surface area contributed by atoms with Crippen molar-refractivity contribution in [1.82, 2.24) is 9.55 Å². The Balaban J connectivity index is 1.80. The molecule has 5 rings (SSSR count). The van der Waals surface area contributed by atoms with E-state index >= 15 is 0 Å². The lowest BCUT2D eigenvalue weighted by Crippen LogP contribution is -2.44. The van der Waals surface area contributed by atoms with Crippen LogP contribution in [0.15, 0.2) is 35.3 Å². The first kappa shape index (κ1) is 21.8. The molecule has 0 spiro atoms. The third kappa shape index (κ3) is 3.10. The van der Waals surface area contributed by atoms with Crippen LogP contribution in [0, 0.1) is 10.1 Å². The van der Waals surface area contributed by atoms with Crippen LogP contribution < -0.4 is 10.3 Å². The highest BCUT2D eigenvalue weighted by atomic mass is 16.6. The second kappa shape index (κ2) is 7.77. The zero-order valence-corrected chi connectivity index (χ0v) is 18.5. The average molecular weight is 463 g/mol. The van der Waals surface area contributed by atoms with Crippen LogP contribution in [0.2, 0.25) is 0 Å². The Kier molecular flexibility index (Phi) is 4.98. The number of carbonyl (C=O) groups is 1. The number of rotatable bonds is 5. The minimum atomic E-state index is -1.93. The first-order valence-electron chi connectivity index (χ1n) is 10.9. The summed E-state index contributed by atoms with van der Waals surface area (Å²) in [5.74, 6) is -0.200. The van der Waals surface area contributed by atoms with Gasteiger partial charge in [-0.25, -0.2) is 9.78 Å². The van der Waals surface area contributed by atoms with E-state index in [2.05, 4.69) is 0 Å². The lowest BCUT2D eigenvalue weighted by Gasteiger charge is -2.31. The van der Waals surface area contributed by atoms with Crippen molar-refractivity contribution in [2.24, 2.45) is 0 Å². The smallest absolute Gasteiger partial charge is 0.343 e. The highest BCUT2D eigenvalue weighted by Gasteiger charge is 2.45. The predicted octanol–water partition coefficient (Wildman–Crippen LogP) is 2.73. The molecule has 0 amide bonds. The predicted molar refractivity (Wildman–Crippen MR) is 122 cm³/mol. The number of ether oxygens (including phenoxy) is 2. The van der Waals surface area contributed by atoms with Crippen molar-refractivity contribution >= 4 is 22.9 Å². The number of nitrogens with zero attached hydrogens (tertiary/aromatic N) is 3. The van der Waals surface area contributed by atoms with Crippen LogP contribution in [-0.2, 0) is 28.3 Å². The van der Waals surface area contributed by atoms with Gasteiger partial charge in [0, 0.05) is 22.6 Å². The molecule has 174 valence electrons. The van der Waals surface area contributed by atoms with Gasteiger partial charge in [-0.2, -0.15) is 0 Å². The number of pyridine rings is 2. The van der Waals surface area contributed by atoms with Crippen LogP contribution in [0.25, 0.3) is 28.4 Å². The lowest BCUT2D eigenvalue weighted by molar-refractivity contribution is -0.400. The summed E-state index contributed by atoms with van der Waals surface area (Å²) in [6.07, 6.45) is 2.28. The van der Waals surface area contributed by atoms with Crippen LogP contribution in [0.4, 0.5) is 0 Å². The summed E-state index contributed by atoms with van der Waals surface area (Å²) in [6.45, 7) is 3.85. The fourth-order valence-electron chi connectivity index (χ4n) is 4.67. The molecular formula is C24H21N3O7. The molecule has 1 atom stereocenters. The molecule has 0 bridgehead atoms. The summed E-state index contributed by atoms with van der Waals surface area (Å²) in [5.41, 5.74) is 0.759. The quantitative estimate of drug-likeness (QED) is 0.271. The number of hydrogen-bond donors (Lipinski definition) is 1. The molecule has 0 unspecified atom stereocenters. The second-order valence-electron chi connectivity index (χ2n) is 8.17. The van der Waals surface area contributed by atoms with Crippen molar-refractivity contribution in [3.05, 3.63) is 73.2 Å². The van der Waals surface area contributed by atoms with Crippen LogP contribution in [0.5, 0.6) is 5.75 Å². The molecule has 2 aliphatic rings. The largest absolute Gasteiger partial charge is 0.494 e. The molecule has 10 nitrogen and oxygen atoms in total. The van der Waals surface area contributed by atoms with Gasteiger partial charge in [-0.3, -0.25) is 14.9 Å². The van der Waals surface area contributed by atoms with E-state index in [-0.39, 0.29) is 30.7 Å². The number of carbonyl (C=O) groups excluding carboxylic acids is 1. The van der Waals surface area contributed by atoms with Crippen LogP contribution in [0.1, 0.15) is 42.5 Å². The molecule has 0 fully saturated rings. The molecule has 1 aromatic carbocycles. The number of aromatic nitrogens is 2. The molecular weight excluding hydrogens is 442 g/mol. The lowest BCUT2D eigenvalue weighted by atomic mass is 9.86. The van der Waals surface area contributed by atoms with E-state index in [0.717, 1.165) is 6.20 Å². The molecule has 34 heavy (non-hydrogen) atoms. The Morgan fingerprint density at radius 1 is 1.29 bits per heavy atom. The average Bonchev–Trinajstić information content (AvgIpc) is 3.18. The molecule has 0 saturated carbocycles. The summed E-state index contributed by atoms with van der Waals surface area (Å²) in [7, 11) is 0. The van der Waals surface area contributed by atoms with Crippen molar-refractivity contribution in [3.63, 3.8) is 0 Å². The Morgan fingerprint density at radius 2 is 2.09 bits per heavy atom. The third-order valence-corrected chi connectivity index (χ3v) is 6.38. The molecule has 1 N–H and O–H groups in total. The van der Waals surface area contributed by atoms with Gasteiger partial charge in [0.2, 0.25) is 6.20 Å². The van der Waals surface area contributed by atoms with E-state index in [9.17, 15) is 24.8 Å². The topological polar surface area (TPSA) is 134 Å². The Morgan fingerprint density at radius 3 is 2.79 bits per heavy atom. The minimum absolute atomic E-state index is 0.0385. The van der Waals surface area contributed by atoms with Gasteiger partial charge in [-0.15, -0.1) is 0 Å². The summed E-state index contributed by atoms with van der Waals surface area (Å²) in [5, 5.41) is 22.8. The number of nitro groups is 1. The van der Waals surface area contributed by atoms with Gasteiger partial charge >= 0.3 is 5.97 Å². The van der Waals surface area contributed by atoms with Crippen molar-refractivity contribution in [2.45, 2.75) is 39.0 Å². The first-order valence-corrected chi connectivity index (χ1v) is 10.9. The Hall–Kier alpha value is -4.05. The molecule has 2 aromatic heterocycles. The normalized spacial score (nSPS) is 18.5. The van der Waals surface area contributed by atoms with Crippen molar-refractivity contribution in [2.75, 3.05) is 6.61 Å². The third-order valence-electron chi connectivity index (χ3n) is 6.38. The van der Waals surface area contributed by atoms with E-state index in [1.807, 2.05) is 6.92 Å². The van der Waals surface area contributed by atoms with E-state index in [0.29, 0.717) is 45.8 Å². The van der Waals surface area contributed by atoms with Gasteiger partial charge in [-0.1, -0.05) is 6.92 Å². The maximum Gasteiger partial charge on any atom is 0.343 e. The van der Waals surface area contributed by atoms with E-state index < -0.39 is 22.1 Å². The van der Waals surface area contributed by atoms with Crippen molar-refractivity contribution < 1.29 is 24.3 Å². The number of cyclic esters (lactones) is 1. The van der Waals surface area contributed by atoms with Crippen molar-refractivity contribution in [1.29, 1.82) is 0 Å². The Bertz CT molecular complexity index is 1470. The zero-order chi connectivity index (χ0) is 24.2. The number of esters is 1. The molecule has 0 saturated heterocycles. The van der Waals surface area contributed by atoms with E-state index in [4.69, 9.17) is 14.5 Å². The van der Waals surface area contributed by atoms with Gasteiger partial charge in [0.05, 0.1) is 40.5 Å². The highest BCUT2D eigenvalue weighted by molar-refractivity contribution is 5.94. The summed E-state index contributed by atoms with van der Waals surface area (Å²) < 4.78 is 12.2. The van der Waals surface area contributed by atoms with E-state index in [1.165, 1.54) is 10.6 Å². The van der Waals surface area contributed by atoms with Gasteiger partial charge in [0.15, 0.2) is 5.60 Å². The maximum absolute atomic E-state index is 13.4. The van der Waals surface area contributed by atoms with Gasteiger partial charge in [0.1, 0.15) is 12.4 Å². The maximum atomic E-state index is 13.4. The summed E-state index contributed by atoms with van der Waals surface area (Å²) in [4.78, 5) is 41.0. The summed E-state index contributed by atoms with van der Waals surface area (Å²) >= 11 is 0. The molecule has 0 radical (unpaired) electrons. The minimum Gasteiger partial charge on any atom is -0.494 e. The SMILES string of the molecule is CCOc1ccc2nc3c(c(C=C[N+](=O)[O-])c2c1)Cn1c-3cc2c(c1=O)COC(=O)[C@]2(O)CC. The number of hydrogen-bond acceptors (Lipinski definition) is 8. The number of fused-ring (bicyclic) bond motifs is 5. The highest BCUT2D eigenvalue weighted by Crippen LogP contribution is 2.41. The molecule has 4 heterocycles. The molecule has 3 aromatic rings. The fourth-order valence-corrected chi connectivity index (χ4v) is 4.67. The fraction of sp³-hybridized carbons (Fsp3) is 0.292. The second-order valence-corrected chi connectivity index (χ2v) is 8.17. The monoisotopic (exact) mass is 463 g/mol. The Labute approximate surface area is 193 Å². The summed E-state index contributed by atoms with van der Waals surface area (Å²) in [6, 6.07) is 6.89. The first-order chi connectivity index (χ1) is 16.3. The standard InChI is InChI=1S/C24H21N3O7/c1-3-24(30)18-10-20-21-16(11-26(20)22(28)17(18)12-34-23(24)29)14(7-8-27(31)32)15-9-13(33-4-2)5-6-19(15)25-21/h5-10,30H,3-4,11-12H2,1-2H3/t24-/m0/s1. The molecule has 0 aliphatic carbocycles.